The zero-order chi connectivity index (χ0) is 13.8. The zero-order valence-corrected chi connectivity index (χ0v) is 10.3. The highest BCUT2D eigenvalue weighted by atomic mass is 19.3. The van der Waals surface area contributed by atoms with E-state index in [1.54, 1.807) is 12.1 Å². The molecule has 4 nitrogen and oxygen atoms in total. The van der Waals surface area contributed by atoms with Crippen molar-refractivity contribution in [1.29, 1.82) is 0 Å². The second kappa shape index (κ2) is 5.97. The van der Waals surface area contributed by atoms with Crippen molar-refractivity contribution in [2.24, 2.45) is 11.7 Å². The van der Waals surface area contributed by atoms with Crippen LogP contribution in [0.5, 0.6) is 5.75 Å². The van der Waals surface area contributed by atoms with Gasteiger partial charge in [-0.2, -0.15) is 8.78 Å². The zero-order valence-electron chi connectivity index (χ0n) is 10.3. The molecular weight excluding hydrogens is 254 g/mol. The molecule has 1 aliphatic rings. The van der Waals surface area contributed by atoms with E-state index in [0.717, 1.165) is 12.8 Å². The van der Waals surface area contributed by atoms with Crippen LogP contribution in [0.15, 0.2) is 24.3 Å². The summed E-state index contributed by atoms with van der Waals surface area (Å²) in [6.07, 6.45) is 1.77. The van der Waals surface area contributed by atoms with Crippen molar-refractivity contribution in [3.05, 3.63) is 29.8 Å². The van der Waals surface area contributed by atoms with E-state index in [1.807, 2.05) is 0 Å². The lowest BCUT2D eigenvalue weighted by Gasteiger charge is -2.32. The van der Waals surface area contributed by atoms with Crippen LogP contribution in [0.25, 0.3) is 0 Å². The summed E-state index contributed by atoms with van der Waals surface area (Å²) in [5, 5.41) is 2.72. The summed E-state index contributed by atoms with van der Waals surface area (Å²) in [4.78, 5) is 11.9. The van der Waals surface area contributed by atoms with Crippen LogP contribution in [0, 0.1) is 5.92 Å². The number of para-hydroxylation sites is 1. The predicted octanol–water partition coefficient (Wildman–Crippen LogP) is 1.76. The maximum atomic E-state index is 12.2. The van der Waals surface area contributed by atoms with Crippen molar-refractivity contribution in [1.82, 2.24) is 5.32 Å². The molecule has 104 valence electrons. The Morgan fingerprint density at radius 3 is 2.74 bits per heavy atom. The first-order valence-electron chi connectivity index (χ1n) is 6.14. The van der Waals surface area contributed by atoms with E-state index in [-0.39, 0.29) is 17.4 Å². The average molecular weight is 270 g/mol. The predicted molar refractivity (Wildman–Crippen MR) is 66.1 cm³/mol. The number of amides is 1. The summed E-state index contributed by atoms with van der Waals surface area (Å²) in [5.74, 6) is -0.140. The average Bonchev–Trinajstić information content (AvgIpc) is 2.33. The molecule has 0 bridgehead atoms. The van der Waals surface area contributed by atoms with Gasteiger partial charge in [-0.3, -0.25) is 4.79 Å². The van der Waals surface area contributed by atoms with Crippen molar-refractivity contribution in [2.75, 3.05) is 6.54 Å². The molecule has 0 unspecified atom stereocenters. The summed E-state index contributed by atoms with van der Waals surface area (Å²) in [6.45, 7) is -2.44. The van der Waals surface area contributed by atoms with Gasteiger partial charge in [0.2, 0.25) is 0 Å². The Kier molecular flexibility index (Phi) is 4.31. The third kappa shape index (κ3) is 3.64. The molecule has 3 N–H and O–H groups in total. The summed E-state index contributed by atoms with van der Waals surface area (Å²) in [6, 6.07) is 6.17. The second-order valence-electron chi connectivity index (χ2n) is 4.68. The minimum absolute atomic E-state index is 0.111. The van der Waals surface area contributed by atoms with Crippen molar-refractivity contribution in [3.8, 4) is 5.75 Å². The second-order valence-corrected chi connectivity index (χ2v) is 4.68. The van der Waals surface area contributed by atoms with Crippen LogP contribution in [0.2, 0.25) is 0 Å². The monoisotopic (exact) mass is 270 g/mol. The van der Waals surface area contributed by atoms with Gasteiger partial charge >= 0.3 is 6.61 Å². The number of nitrogens with one attached hydrogen (secondary N) is 1. The lowest BCUT2D eigenvalue weighted by molar-refractivity contribution is -0.0501. The van der Waals surface area contributed by atoms with Gasteiger partial charge in [0.05, 0.1) is 5.56 Å². The molecule has 0 atom stereocenters. The molecule has 19 heavy (non-hydrogen) atoms. The molecule has 0 aromatic heterocycles. The molecule has 0 saturated heterocycles. The summed E-state index contributed by atoms with van der Waals surface area (Å²) in [5.41, 5.74) is 5.77. The van der Waals surface area contributed by atoms with Crippen molar-refractivity contribution in [3.63, 3.8) is 0 Å². The topological polar surface area (TPSA) is 64.3 Å². The lowest BCUT2D eigenvalue weighted by atomic mass is 9.81. The highest BCUT2D eigenvalue weighted by molar-refractivity contribution is 5.96. The highest BCUT2D eigenvalue weighted by Crippen LogP contribution is 2.25. The van der Waals surface area contributed by atoms with Crippen LogP contribution in [-0.2, 0) is 0 Å². The number of hydrogen-bond acceptors (Lipinski definition) is 3. The lowest BCUT2D eigenvalue weighted by Crippen LogP contribution is -2.42. The third-order valence-corrected chi connectivity index (χ3v) is 3.17. The normalized spacial score (nSPS) is 21.9. The Labute approximate surface area is 109 Å². The number of ether oxygens (including phenoxy) is 1. The maximum absolute atomic E-state index is 12.2. The number of nitrogens with two attached hydrogens (primary N) is 1. The smallest absolute Gasteiger partial charge is 0.387 e. The number of benzene rings is 1. The van der Waals surface area contributed by atoms with E-state index in [9.17, 15) is 13.6 Å². The summed E-state index contributed by atoms with van der Waals surface area (Å²) in [7, 11) is 0. The van der Waals surface area contributed by atoms with Crippen LogP contribution in [0.3, 0.4) is 0 Å². The summed E-state index contributed by atoms with van der Waals surface area (Å²) >= 11 is 0. The van der Waals surface area contributed by atoms with E-state index in [4.69, 9.17) is 5.73 Å². The Hall–Kier alpha value is -1.69. The van der Waals surface area contributed by atoms with E-state index in [2.05, 4.69) is 10.1 Å². The Bertz CT molecular complexity index is 448. The Morgan fingerprint density at radius 2 is 2.11 bits per heavy atom. The molecule has 1 aromatic rings. The van der Waals surface area contributed by atoms with Crippen LogP contribution >= 0.6 is 0 Å². The van der Waals surface area contributed by atoms with Gasteiger partial charge in [0, 0.05) is 12.6 Å². The summed E-state index contributed by atoms with van der Waals surface area (Å²) < 4.78 is 28.8. The molecule has 1 aromatic carbocycles. The number of carbonyl (C=O) groups excluding carboxylic acids is 1. The minimum Gasteiger partial charge on any atom is -0.434 e. The maximum Gasteiger partial charge on any atom is 0.387 e. The van der Waals surface area contributed by atoms with E-state index in [0.29, 0.717) is 12.5 Å². The molecule has 0 heterocycles. The van der Waals surface area contributed by atoms with Crippen molar-refractivity contribution in [2.45, 2.75) is 25.5 Å². The van der Waals surface area contributed by atoms with E-state index < -0.39 is 12.5 Å². The largest absolute Gasteiger partial charge is 0.434 e. The number of halogens is 2. The third-order valence-electron chi connectivity index (χ3n) is 3.17. The molecular formula is C13H16F2N2O2. The van der Waals surface area contributed by atoms with Gasteiger partial charge in [-0.1, -0.05) is 12.1 Å². The molecule has 1 fully saturated rings. The number of rotatable bonds is 5. The van der Waals surface area contributed by atoms with Crippen LogP contribution in [0.1, 0.15) is 23.2 Å². The van der Waals surface area contributed by atoms with Gasteiger partial charge < -0.3 is 15.8 Å². The van der Waals surface area contributed by atoms with Crippen LogP contribution < -0.4 is 15.8 Å². The standard InChI is InChI=1S/C13H16F2N2O2/c14-13(15)19-11-4-2-1-3-10(11)12(18)17-7-8-5-9(16)6-8/h1-4,8-9,13H,5-7,16H2,(H,17,18). The fourth-order valence-electron chi connectivity index (χ4n) is 2.14. The van der Waals surface area contributed by atoms with Crippen molar-refractivity contribution < 1.29 is 18.3 Å². The minimum atomic E-state index is -2.95. The fraction of sp³-hybridized carbons (Fsp3) is 0.462. The van der Waals surface area contributed by atoms with Gasteiger partial charge in [0.15, 0.2) is 0 Å². The first kappa shape index (κ1) is 13.7. The number of carbonyl (C=O) groups is 1. The molecule has 1 amide bonds. The van der Waals surface area contributed by atoms with Crippen molar-refractivity contribution >= 4 is 5.91 Å². The van der Waals surface area contributed by atoms with Gasteiger partial charge in [0.1, 0.15) is 5.75 Å². The molecule has 1 saturated carbocycles. The van der Waals surface area contributed by atoms with E-state index >= 15 is 0 Å². The van der Waals surface area contributed by atoms with Gasteiger partial charge in [-0.25, -0.2) is 0 Å². The van der Waals surface area contributed by atoms with Gasteiger partial charge in [-0.15, -0.1) is 0 Å². The molecule has 0 radical (unpaired) electrons. The highest BCUT2D eigenvalue weighted by Gasteiger charge is 2.26. The Balaban J connectivity index is 1.94. The SMILES string of the molecule is NC1CC(CNC(=O)c2ccccc2OC(F)F)C1. The number of hydrogen-bond donors (Lipinski definition) is 2. The molecule has 1 aliphatic carbocycles. The number of alkyl halides is 2. The fourth-order valence-corrected chi connectivity index (χ4v) is 2.14. The first-order chi connectivity index (χ1) is 9.06. The van der Waals surface area contributed by atoms with Gasteiger partial charge in [0.25, 0.3) is 5.91 Å². The molecule has 6 heteroatoms. The van der Waals surface area contributed by atoms with Gasteiger partial charge in [-0.05, 0) is 30.9 Å². The molecule has 0 spiro atoms. The first-order valence-corrected chi connectivity index (χ1v) is 6.14. The van der Waals surface area contributed by atoms with Crippen LogP contribution in [0.4, 0.5) is 8.78 Å². The Morgan fingerprint density at radius 1 is 1.42 bits per heavy atom. The molecule has 2 rings (SSSR count). The van der Waals surface area contributed by atoms with E-state index in [1.165, 1.54) is 12.1 Å². The quantitative estimate of drug-likeness (QED) is 0.856. The molecule has 0 aliphatic heterocycles. The van der Waals surface area contributed by atoms with Crippen LogP contribution in [-0.4, -0.2) is 25.1 Å².